The highest BCUT2D eigenvalue weighted by atomic mass is 14.9. The first-order valence-corrected chi connectivity index (χ1v) is 21.2. The molecule has 11 rings (SSSR count). The van der Waals surface area contributed by atoms with E-state index in [0.29, 0.717) is 0 Å². The van der Waals surface area contributed by atoms with Crippen LogP contribution in [-0.2, 0) is 12.8 Å². The van der Waals surface area contributed by atoms with E-state index < -0.39 is 0 Å². The van der Waals surface area contributed by atoms with Crippen molar-refractivity contribution in [3.8, 4) is 22.3 Å². The van der Waals surface area contributed by atoms with Crippen LogP contribution in [0.5, 0.6) is 0 Å². The molecule has 2 aromatic heterocycles. The lowest BCUT2D eigenvalue weighted by Gasteiger charge is -2.20. The van der Waals surface area contributed by atoms with Crippen molar-refractivity contribution in [3.63, 3.8) is 0 Å². The van der Waals surface area contributed by atoms with E-state index in [1.165, 1.54) is 127 Å². The average Bonchev–Trinajstić information content (AvgIpc) is 3.91. The Morgan fingerprint density at radius 1 is 0.542 bits per heavy atom. The number of hydrogen-bond acceptors (Lipinski definition) is 0. The van der Waals surface area contributed by atoms with Crippen molar-refractivity contribution in [2.75, 3.05) is 0 Å². The summed E-state index contributed by atoms with van der Waals surface area (Å²) in [5.41, 5.74) is 21.7. The van der Waals surface area contributed by atoms with Gasteiger partial charge in [-0.2, -0.15) is 0 Å². The summed E-state index contributed by atoms with van der Waals surface area (Å²) < 4.78 is 2.64. The first kappa shape index (κ1) is 35.7. The molecule has 0 radical (unpaired) electrons. The number of rotatable bonds is 5. The Balaban J connectivity index is 1.39. The zero-order valence-corrected chi connectivity index (χ0v) is 35.1. The van der Waals surface area contributed by atoms with Gasteiger partial charge in [0.1, 0.15) is 0 Å². The Bertz CT molecular complexity index is 3340. The molecule has 0 spiro atoms. The topological polar surface area (TPSA) is 4.41 Å². The summed E-state index contributed by atoms with van der Waals surface area (Å²) in [5.74, 6) is 0. The van der Waals surface area contributed by atoms with Crippen molar-refractivity contribution in [1.29, 1.82) is 0 Å². The van der Waals surface area contributed by atoms with Crippen LogP contribution < -0.4 is 0 Å². The second kappa shape index (κ2) is 12.5. The van der Waals surface area contributed by atoms with Gasteiger partial charge in [-0.3, -0.25) is 0 Å². The molecule has 59 heavy (non-hydrogen) atoms. The van der Waals surface area contributed by atoms with Crippen molar-refractivity contribution < 1.29 is 0 Å². The van der Waals surface area contributed by atoms with Crippen LogP contribution in [-0.4, -0.2) is 4.40 Å². The third kappa shape index (κ3) is 4.85. The van der Waals surface area contributed by atoms with Crippen LogP contribution in [0.3, 0.4) is 0 Å². The van der Waals surface area contributed by atoms with E-state index >= 15 is 0 Å². The van der Waals surface area contributed by atoms with Crippen molar-refractivity contribution in [3.05, 3.63) is 186 Å². The number of hydrogen-bond donors (Lipinski definition) is 0. The minimum Gasteiger partial charge on any atom is -0.308 e. The number of aromatic nitrogens is 1. The normalized spacial score (nSPS) is 16.4. The molecular formula is C58H49N. The zero-order chi connectivity index (χ0) is 40.5. The number of benzene rings is 7. The first-order chi connectivity index (χ1) is 28.5. The molecule has 0 amide bonds. The maximum Gasteiger partial charge on any atom is 0.0627 e. The van der Waals surface area contributed by atoms with Crippen LogP contribution in [0.2, 0.25) is 0 Å². The number of allylic oxidation sites excluding steroid dienone is 6. The molecule has 1 heteroatoms. The second-order valence-corrected chi connectivity index (χ2v) is 18.3. The molecular weight excluding hydrogens is 711 g/mol. The molecule has 0 unspecified atom stereocenters. The van der Waals surface area contributed by atoms with Crippen LogP contribution in [0.25, 0.3) is 93.4 Å². The molecule has 2 aliphatic carbocycles. The third-order valence-corrected chi connectivity index (χ3v) is 14.1. The summed E-state index contributed by atoms with van der Waals surface area (Å²) in [6, 6.07) is 47.5. The van der Waals surface area contributed by atoms with Gasteiger partial charge in [-0.05, 0) is 144 Å². The zero-order valence-electron chi connectivity index (χ0n) is 35.1. The molecule has 1 nitrogen and oxygen atoms in total. The van der Waals surface area contributed by atoms with Crippen LogP contribution in [0.1, 0.15) is 74.9 Å². The third-order valence-electron chi connectivity index (χ3n) is 14.1. The lowest BCUT2D eigenvalue weighted by atomic mass is 9.83. The van der Waals surface area contributed by atoms with E-state index in [1.54, 1.807) is 0 Å². The predicted molar refractivity (Wildman–Crippen MR) is 256 cm³/mol. The van der Waals surface area contributed by atoms with Crippen LogP contribution in [0.15, 0.2) is 153 Å². The van der Waals surface area contributed by atoms with E-state index in [-0.39, 0.29) is 10.8 Å². The fraction of sp³-hybridized carbons (Fsp3) is 0.172. The smallest absolute Gasteiger partial charge is 0.0627 e. The summed E-state index contributed by atoms with van der Waals surface area (Å²) >= 11 is 0. The minimum atomic E-state index is -0.0675. The SMILES string of the molecule is C=C1c2cc3c(c(-c4ccccc4-c4ccccc4)c2CC1(C)C)c1cc2ccccc2c2c4c(C(=C/C)/C(=C\C)c5ccccc5)c5c(cc4n3c12)C(=C)C(C)(C)C5. The Hall–Kier alpha value is -6.44. The molecule has 286 valence electrons. The summed E-state index contributed by atoms with van der Waals surface area (Å²) in [4.78, 5) is 0. The van der Waals surface area contributed by atoms with E-state index in [0.717, 1.165) is 12.8 Å². The highest BCUT2D eigenvalue weighted by molar-refractivity contribution is 6.35. The van der Waals surface area contributed by atoms with Crippen molar-refractivity contribution in [1.82, 2.24) is 4.40 Å². The lowest BCUT2D eigenvalue weighted by molar-refractivity contribution is 0.521. The van der Waals surface area contributed by atoms with Gasteiger partial charge in [0.2, 0.25) is 0 Å². The van der Waals surface area contributed by atoms with E-state index in [4.69, 9.17) is 13.2 Å². The van der Waals surface area contributed by atoms with Crippen LogP contribution >= 0.6 is 0 Å². The Morgan fingerprint density at radius 3 is 1.78 bits per heavy atom. The van der Waals surface area contributed by atoms with E-state index in [2.05, 4.69) is 185 Å². The maximum absolute atomic E-state index is 4.83. The highest BCUT2D eigenvalue weighted by Crippen LogP contribution is 2.58. The van der Waals surface area contributed by atoms with Gasteiger partial charge in [-0.25, -0.2) is 0 Å². The van der Waals surface area contributed by atoms with Gasteiger partial charge in [0.25, 0.3) is 0 Å². The molecule has 0 fully saturated rings. The molecule has 7 aromatic carbocycles. The van der Waals surface area contributed by atoms with Crippen LogP contribution in [0.4, 0.5) is 0 Å². The number of nitrogens with zero attached hydrogens (tertiary/aromatic N) is 1. The van der Waals surface area contributed by atoms with E-state index in [9.17, 15) is 0 Å². The van der Waals surface area contributed by atoms with Crippen molar-refractivity contribution >= 4 is 71.2 Å². The molecule has 0 saturated heterocycles. The van der Waals surface area contributed by atoms with Gasteiger partial charge in [0.05, 0.1) is 16.6 Å². The maximum atomic E-state index is 4.83. The van der Waals surface area contributed by atoms with Gasteiger partial charge < -0.3 is 4.40 Å². The highest BCUT2D eigenvalue weighted by Gasteiger charge is 2.40. The fourth-order valence-corrected chi connectivity index (χ4v) is 11.1. The molecule has 0 saturated carbocycles. The van der Waals surface area contributed by atoms with Crippen molar-refractivity contribution in [2.24, 2.45) is 10.8 Å². The average molecular weight is 760 g/mol. The minimum absolute atomic E-state index is 0.0629. The Kier molecular flexibility index (Phi) is 7.58. The Morgan fingerprint density at radius 2 is 1.10 bits per heavy atom. The summed E-state index contributed by atoms with van der Waals surface area (Å²) in [5, 5.41) is 7.87. The molecule has 0 aliphatic heterocycles. The monoisotopic (exact) mass is 759 g/mol. The summed E-state index contributed by atoms with van der Waals surface area (Å²) in [7, 11) is 0. The molecule has 0 bridgehead atoms. The Labute approximate surface area is 347 Å². The summed E-state index contributed by atoms with van der Waals surface area (Å²) in [6.07, 6.45) is 6.56. The van der Waals surface area contributed by atoms with Gasteiger partial charge in [0.15, 0.2) is 0 Å². The first-order valence-electron chi connectivity index (χ1n) is 21.2. The number of fused-ring (bicyclic) bond motifs is 10. The molecule has 2 heterocycles. The van der Waals surface area contributed by atoms with Gasteiger partial charge in [-0.15, -0.1) is 0 Å². The quantitative estimate of drug-likeness (QED) is 0.154. The molecule has 9 aromatic rings. The van der Waals surface area contributed by atoms with Gasteiger partial charge in [-0.1, -0.05) is 162 Å². The van der Waals surface area contributed by atoms with Crippen molar-refractivity contribution in [2.45, 2.75) is 54.4 Å². The van der Waals surface area contributed by atoms with E-state index in [1.807, 2.05) is 0 Å². The fourth-order valence-electron chi connectivity index (χ4n) is 11.1. The lowest BCUT2D eigenvalue weighted by Crippen LogP contribution is -2.08. The largest absolute Gasteiger partial charge is 0.308 e. The summed E-state index contributed by atoms with van der Waals surface area (Å²) in [6.45, 7) is 23.5. The molecule has 2 aliphatic rings. The molecule has 0 N–H and O–H groups in total. The molecule has 0 atom stereocenters. The van der Waals surface area contributed by atoms with Gasteiger partial charge >= 0.3 is 0 Å². The standard InChI is InChI=1S/C58H49N/c1-9-39(36-21-13-11-14-22-36)40(10-2)51-47-32-57(5,6)35(4)45(47)31-50-55(51)54-42-27-18-17-25-38(42)29-46-53-49(59(50)56(46)54)30-44-34(3)58(7,8)33-48(44)52(53)43-28-20-19-26-41(43)37-23-15-12-16-24-37/h9-31H,3-4,32-33H2,1-2,5-8H3/b39-9-,40-10+. The predicted octanol–water partition coefficient (Wildman–Crippen LogP) is 16.0. The van der Waals surface area contributed by atoms with Gasteiger partial charge in [0, 0.05) is 21.5 Å². The second-order valence-electron chi connectivity index (χ2n) is 18.3. The van der Waals surface area contributed by atoms with Crippen LogP contribution in [0, 0.1) is 10.8 Å².